The minimum Gasteiger partial charge on any atom is -0.508 e. The molecule has 6 rings (SSSR count). The maximum absolute atomic E-state index is 10.2. The van der Waals surface area contributed by atoms with Gasteiger partial charge in [0.05, 0.1) is 0 Å². The number of aryl methyl sites for hydroxylation is 4. The predicted molar refractivity (Wildman–Crippen MR) is 177 cm³/mol. The maximum atomic E-state index is 10.2. The first-order chi connectivity index (χ1) is 21.0. The van der Waals surface area contributed by atoms with Gasteiger partial charge in [0.15, 0.2) is 0 Å². The molecular weight excluding hydrogens is 544 g/mol. The lowest BCUT2D eigenvalue weighted by molar-refractivity contribution is 0.140. The van der Waals surface area contributed by atoms with Crippen LogP contribution in [0.25, 0.3) is 0 Å². The van der Waals surface area contributed by atoms with Gasteiger partial charge in [0.1, 0.15) is 23.0 Å². The molecule has 0 amide bonds. The van der Waals surface area contributed by atoms with Crippen molar-refractivity contribution in [2.24, 2.45) is 11.8 Å². The molecule has 2 saturated carbocycles. The van der Waals surface area contributed by atoms with Crippen molar-refractivity contribution in [1.29, 1.82) is 0 Å². The molecule has 0 spiro atoms. The minimum absolute atomic E-state index is 0.142. The van der Waals surface area contributed by atoms with Gasteiger partial charge in [-0.15, -0.1) is 0 Å². The first kappa shape index (κ1) is 30.1. The topological polar surface area (TPSA) is 80.9 Å². The lowest BCUT2D eigenvalue weighted by Crippen LogP contribution is -2.39. The van der Waals surface area contributed by atoms with Gasteiger partial charge in [0.25, 0.3) is 0 Å². The molecule has 0 unspecified atom stereocenters. The zero-order valence-electron chi connectivity index (χ0n) is 26.5. The molecule has 0 saturated heterocycles. The zero-order chi connectivity index (χ0) is 31.2. The second-order valence-electron chi connectivity index (χ2n) is 13.8. The molecule has 2 fully saturated rings. The largest absolute Gasteiger partial charge is 0.508 e. The highest BCUT2D eigenvalue weighted by Gasteiger charge is 2.45. The van der Waals surface area contributed by atoms with E-state index in [0.29, 0.717) is 34.8 Å². The summed E-state index contributed by atoms with van der Waals surface area (Å²) in [5, 5.41) is 40.8. The monoisotopic (exact) mass is 590 g/mol. The standard InChI is InChI=1S/C40H46O4/c1-25-21-31(41)5-9-35(25)39(36-10-6-32(42)22-26(36)2)17-13-29(14-18-39)30-15-19-40(20-16-30,37-11-7-33(43)23-27(37)3)38-12-8-34(44)24-28(38)4/h5-12,21-24,29-30,41-44H,13-20H2,1-4H3. The highest BCUT2D eigenvalue weighted by molar-refractivity contribution is 5.52. The summed E-state index contributed by atoms with van der Waals surface area (Å²) in [6.45, 7) is 8.43. The summed E-state index contributed by atoms with van der Waals surface area (Å²) in [6, 6.07) is 23.3. The van der Waals surface area contributed by atoms with Crippen molar-refractivity contribution in [2.75, 3.05) is 0 Å². The second-order valence-corrected chi connectivity index (χ2v) is 13.8. The molecule has 4 aromatic rings. The molecule has 0 radical (unpaired) electrons. The van der Waals surface area contributed by atoms with Crippen molar-refractivity contribution in [3.05, 3.63) is 117 Å². The van der Waals surface area contributed by atoms with Crippen LogP contribution in [0.3, 0.4) is 0 Å². The Morgan fingerprint density at radius 3 is 0.841 bits per heavy atom. The zero-order valence-corrected chi connectivity index (χ0v) is 26.5. The molecule has 0 aromatic heterocycles. The first-order valence-electron chi connectivity index (χ1n) is 16.2. The van der Waals surface area contributed by atoms with Crippen LogP contribution in [0.15, 0.2) is 72.8 Å². The summed E-state index contributed by atoms with van der Waals surface area (Å²) in [4.78, 5) is 0. The molecule has 2 aliphatic rings. The maximum Gasteiger partial charge on any atom is 0.115 e. The van der Waals surface area contributed by atoms with Gasteiger partial charge in [-0.05, 0) is 184 Å². The van der Waals surface area contributed by atoms with Crippen LogP contribution in [-0.2, 0) is 10.8 Å². The molecule has 0 heterocycles. The molecule has 4 aromatic carbocycles. The molecular formula is C40H46O4. The normalized spacial score (nSPS) is 18.7. The summed E-state index contributed by atoms with van der Waals surface area (Å²) in [5.41, 5.74) is 9.34. The third kappa shape index (κ3) is 5.23. The Hall–Kier alpha value is -3.92. The molecule has 0 atom stereocenters. The van der Waals surface area contributed by atoms with Crippen molar-refractivity contribution in [2.45, 2.75) is 89.9 Å². The summed E-state index contributed by atoms with van der Waals surface area (Å²) in [7, 11) is 0. The number of rotatable bonds is 5. The highest BCUT2D eigenvalue weighted by Crippen LogP contribution is 2.55. The fraction of sp³-hybridized carbons (Fsp3) is 0.400. The molecule has 4 heteroatoms. The molecule has 44 heavy (non-hydrogen) atoms. The van der Waals surface area contributed by atoms with Crippen LogP contribution in [0.1, 0.15) is 95.9 Å². The van der Waals surface area contributed by atoms with E-state index in [9.17, 15) is 20.4 Å². The summed E-state index contributed by atoms with van der Waals surface area (Å²) < 4.78 is 0. The van der Waals surface area contributed by atoms with Crippen LogP contribution < -0.4 is 0 Å². The van der Waals surface area contributed by atoms with Gasteiger partial charge in [0, 0.05) is 10.8 Å². The van der Waals surface area contributed by atoms with Gasteiger partial charge >= 0.3 is 0 Å². The van der Waals surface area contributed by atoms with E-state index in [0.717, 1.165) is 73.6 Å². The Morgan fingerprint density at radius 2 is 0.636 bits per heavy atom. The van der Waals surface area contributed by atoms with E-state index in [2.05, 4.69) is 52.0 Å². The molecule has 4 N–H and O–H groups in total. The van der Waals surface area contributed by atoms with Gasteiger partial charge in [-0.25, -0.2) is 0 Å². The van der Waals surface area contributed by atoms with E-state index < -0.39 is 0 Å². The summed E-state index contributed by atoms with van der Waals surface area (Å²) in [6.07, 6.45) is 8.78. The summed E-state index contributed by atoms with van der Waals surface area (Å²) in [5.74, 6) is 2.51. The third-order valence-corrected chi connectivity index (χ3v) is 11.3. The quantitative estimate of drug-likeness (QED) is 0.187. The number of hydrogen-bond donors (Lipinski definition) is 4. The highest BCUT2D eigenvalue weighted by atomic mass is 16.3. The molecule has 2 aliphatic carbocycles. The Bertz CT molecular complexity index is 1440. The van der Waals surface area contributed by atoms with Crippen LogP contribution >= 0.6 is 0 Å². The molecule has 4 nitrogen and oxygen atoms in total. The number of phenols is 4. The van der Waals surface area contributed by atoms with Crippen molar-refractivity contribution in [1.82, 2.24) is 0 Å². The van der Waals surface area contributed by atoms with Crippen molar-refractivity contribution < 1.29 is 20.4 Å². The van der Waals surface area contributed by atoms with E-state index in [-0.39, 0.29) is 10.8 Å². The van der Waals surface area contributed by atoms with Gasteiger partial charge in [-0.1, -0.05) is 24.3 Å². The average molecular weight is 591 g/mol. The van der Waals surface area contributed by atoms with Crippen LogP contribution in [0.4, 0.5) is 0 Å². The van der Waals surface area contributed by atoms with Crippen LogP contribution in [-0.4, -0.2) is 20.4 Å². The van der Waals surface area contributed by atoms with Crippen molar-refractivity contribution in [3.63, 3.8) is 0 Å². The fourth-order valence-electron chi connectivity index (χ4n) is 9.32. The number of aromatic hydroxyl groups is 4. The van der Waals surface area contributed by atoms with E-state index >= 15 is 0 Å². The summed E-state index contributed by atoms with van der Waals surface area (Å²) >= 11 is 0. The Morgan fingerprint density at radius 1 is 0.409 bits per heavy atom. The molecule has 0 aliphatic heterocycles. The van der Waals surface area contributed by atoms with E-state index in [1.54, 1.807) is 0 Å². The van der Waals surface area contributed by atoms with Gasteiger partial charge < -0.3 is 20.4 Å². The van der Waals surface area contributed by atoms with Gasteiger partial charge in [-0.3, -0.25) is 0 Å². The molecule has 230 valence electrons. The van der Waals surface area contributed by atoms with Crippen LogP contribution in [0, 0.1) is 39.5 Å². The fourth-order valence-corrected chi connectivity index (χ4v) is 9.32. The Kier molecular flexibility index (Phi) is 7.90. The number of benzene rings is 4. The first-order valence-corrected chi connectivity index (χ1v) is 16.2. The lowest BCUT2D eigenvalue weighted by Gasteiger charge is -2.48. The minimum atomic E-state index is -0.142. The van der Waals surface area contributed by atoms with Crippen molar-refractivity contribution in [3.8, 4) is 23.0 Å². The Labute approximate surface area is 262 Å². The lowest BCUT2D eigenvalue weighted by atomic mass is 9.56. The van der Waals surface area contributed by atoms with Crippen LogP contribution in [0.2, 0.25) is 0 Å². The van der Waals surface area contributed by atoms with Gasteiger partial charge in [0.2, 0.25) is 0 Å². The van der Waals surface area contributed by atoms with Crippen molar-refractivity contribution >= 4 is 0 Å². The Balaban J connectivity index is 1.28. The van der Waals surface area contributed by atoms with Gasteiger partial charge in [-0.2, -0.15) is 0 Å². The second kappa shape index (κ2) is 11.5. The average Bonchev–Trinajstić information content (AvgIpc) is 2.97. The smallest absolute Gasteiger partial charge is 0.115 e. The van der Waals surface area contributed by atoms with E-state index in [4.69, 9.17) is 0 Å². The van der Waals surface area contributed by atoms with E-state index in [1.165, 1.54) is 22.3 Å². The van der Waals surface area contributed by atoms with Crippen LogP contribution in [0.5, 0.6) is 23.0 Å². The number of phenolic OH excluding ortho intramolecular Hbond substituents is 4. The van der Waals surface area contributed by atoms with E-state index in [1.807, 2.05) is 48.5 Å². The number of hydrogen-bond acceptors (Lipinski definition) is 4. The third-order valence-electron chi connectivity index (χ3n) is 11.3. The molecule has 0 bridgehead atoms. The SMILES string of the molecule is Cc1cc(O)ccc1C1(c2ccc(O)cc2C)CCC(C2CCC(c3ccc(O)cc3C)(c3ccc(O)cc3C)CC2)CC1. The predicted octanol–water partition coefficient (Wildman–Crippen LogP) is 9.40.